The summed E-state index contributed by atoms with van der Waals surface area (Å²) >= 11 is 6.27. The molecular weight excluding hydrogens is 282 g/mol. The molecule has 1 fully saturated rings. The monoisotopic (exact) mass is 301 g/mol. The van der Waals surface area contributed by atoms with Gasteiger partial charge in [-0.3, -0.25) is 0 Å². The summed E-state index contributed by atoms with van der Waals surface area (Å²) in [6, 6.07) is 12.3. The predicted octanol–water partition coefficient (Wildman–Crippen LogP) is 3.59. The van der Waals surface area contributed by atoms with Crippen LogP contribution in [0.4, 0.5) is 5.69 Å². The standard InChI is InChI=1S/C17H20ClN3/c1-19-17(8-9-17)12-21(2)14-10-15(16(18)20-11-14)13-6-4-3-5-7-13/h3-7,10-11,19H,8-9,12H2,1-2H3. The van der Waals surface area contributed by atoms with Gasteiger partial charge in [-0.2, -0.15) is 0 Å². The van der Waals surface area contributed by atoms with E-state index in [0.29, 0.717) is 5.15 Å². The first-order valence-electron chi connectivity index (χ1n) is 7.25. The van der Waals surface area contributed by atoms with Crippen LogP contribution in [0.25, 0.3) is 11.1 Å². The maximum atomic E-state index is 6.27. The number of halogens is 1. The fourth-order valence-electron chi connectivity index (χ4n) is 2.65. The normalized spacial score (nSPS) is 15.8. The largest absolute Gasteiger partial charge is 0.371 e. The van der Waals surface area contributed by atoms with Crippen molar-refractivity contribution in [3.05, 3.63) is 47.7 Å². The van der Waals surface area contributed by atoms with Crippen LogP contribution in [0.5, 0.6) is 0 Å². The highest BCUT2D eigenvalue weighted by atomic mass is 35.5. The smallest absolute Gasteiger partial charge is 0.136 e. The Hall–Kier alpha value is -1.58. The Labute approximate surface area is 131 Å². The first-order chi connectivity index (χ1) is 10.1. The van der Waals surface area contributed by atoms with Gasteiger partial charge in [-0.25, -0.2) is 4.98 Å². The zero-order chi connectivity index (χ0) is 14.9. The minimum Gasteiger partial charge on any atom is -0.371 e. The van der Waals surface area contributed by atoms with Crippen LogP contribution in [0.3, 0.4) is 0 Å². The molecule has 3 rings (SSSR count). The Kier molecular flexibility index (Phi) is 3.87. The molecule has 0 radical (unpaired) electrons. The van der Waals surface area contributed by atoms with Crippen molar-refractivity contribution >= 4 is 17.3 Å². The van der Waals surface area contributed by atoms with Gasteiger partial charge >= 0.3 is 0 Å². The van der Waals surface area contributed by atoms with Gasteiger partial charge in [-0.05, 0) is 31.5 Å². The first-order valence-corrected chi connectivity index (χ1v) is 7.62. The Balaban J connectivity index is 1.87. The maximum absolute atomic E-state index is 6.27. The second-order valence-corrected chi connectivity index (χ2v) is 6.14. The van der Waals surface area contributed by atoms with Crippen molar-refractivity contribution in [1.82, 2.24) is 10.3 Å². The van der Waals surface area contributed by atoms with Crippen molar-refractivity contribution in [2.75, 3.05) is 25.5 Å². The van der Waals surface area contributed by atoms with E-state index in [0.717, 1.165) is 23.4 Å². The van der Waals surface area contributed by atoms with Crippen molar-refractivity contribution in [2.45, 2.75) is 18.4 Å². The number of nitrogens with one attached hydrogen (secondary N) is 1. The van der Waals surface area contributed by atoms with E-state index >= 15 is 0 Å². The van der Waals surface area contributed by atoms with Gasteiger partial charge in [-0.15, -0.1) is 0 Å². The third-order valence-electron chi connectivity index (χ3n) is 4.27. The fraction of sp³-hybridized carbons (Fsp3) is 0.353. The third kappa shape index (κ3) is 3.04. The number of benzene rings is 1. The van der Waals surface area contributed by atoms with Crippen molar-refractivity contribution in [2.24, 2.45) is 0 Å². The number of anilines is 1. The molecule has 4 heteroatoms. The highest BCUT2D eigenvalue weighted by Crippen LogP contribution is 2.37. The van der Waals surface area contributed by atoms with Gasteiger partial charge < -0.3 is 10.2 Å². The fourth-order valence-corrected chi connectivity index (χ4v) is 2.86. The number of pyridine rings is 1. The highest BCUT2D eigenvalue weighted by Gasteiger charge is 2.41. The quantitative estimate of drug-likeness (QED) is 0.856. The van der Waals surface area contributed by atoms with E-state index in [9.17, 15) is 0 Å². The minimum atomic E-state index is 0.279. The van der Waals surface area contributed by atoms with Crippen LogP contribution in [0, 0.1) is 0 Å². The molecule has 0 unspecified atom stereocenters. The molecule has 0 spiro atoms. The van der Waals surface area contributed by atoms with E-state index in [-0.39, 0.29) is 5.54 Å². The molecule has 2 aromatic rings. The van der Waals surface area contributed by atoms with Crippen molar-refractivity contribution in [3.8, 4) is 11.1 Å². The summed E-state index contributed by atoms with van der Waals surface area (Å²) in [6.07, 6.45) is 4.32. The van der Waals surface area contributed by atoms with E-state index < -0.39 is 0 Å². The van der Waals surface area contributed by atoms with Crippen LogP contribution >= 0.6 is 11.6 Å². The summed E-state index contributed by atoms with van der Waals surface area (Å²) in [5, 5.41) is 3.97. The second kappa shape index (κ2) is 5.66. The number of rotatable bonds is 5. The molecule has 1 aromatic heterocycles. The molecule has 1 aliphatic carbocycles. The minimum absolute atomic E-state index is 0.279. The molecule has 1 heterocycles. The van der Waals surface area contributed by atoms with E-state index in [2.05, 4.69) is 40.4 Å². The van der Waals surface area contributed by atoms with Crippen LogP contribution in [0.1, 0.15) is 12.8 Å². The van der Waals surface area contributed by atoms with E-state index in [1.807, 2.05) is 31.4 Å². The number of likely N-dealkylation sites (N-methyl/N-ethyl adjacent to an activating group) is 2. The summed E-state index contributed by atoms with van der Waals surface area (Å²) in [5.74, 6) is 0. The van der Waals surface area contributed by atoms with Gasteiger partial charge in [0.1, 0.15) is 5.15 Å². The van der Waals surface area contributed by atoms with Crippen LogP contribution in [0.15, 0.2) is 42.6 Å². The molecule has 1 N–H and O–H groups in total. The molecule has 110 valence electrons. The number of aromatic nitrogens is 1. The Morgan fingerprint density at radius 1 is 1.29 bits per heavy atom. The summed E-state index contributed by atoms with van der Waals surface area (Å²) in [4.78, 5) is 6.61. The average Bonchev–Trinajstić information content (AvgIpc) is 3.28. The lowest BCUT2D eigenvalue weighted by Gasteiger charge is -2.25. The SMILES string of the molecule is CNC1(CN(C)c2cnc(Cl)c(-c3ccccc3)c2)CC1. The average molecular weight is 302 g/mol. The third-order valence-corrected chi connectivity index (χ3v) is 4.58. The lowest BCUT2D eigenvalue weighted by Crippen LogP contribution is -2.39. The topological polar surface area (TPSA) is 28.2 Å². The molecule has 0 aliphatic heterocycles. The zero-order valence-corrected chi connectivity index (χ0v) is 13.2. The Morgan fingerprint density at radius 2 is 2.00 bits per heavy atom. The molecule has 0 amide bonds. The molecule has 21 heavy (non-hydrogen) atoms. The lowest BCUT2D eigenvalue weighted by molar-refractivity contribution is 0.549. The molecule has 3 nitrogen and oxygen atoms in total. The first kappa shape index (κ1) is 14.4. The summed E-state index contributed by atoms with van der Waals surface area (Å²) < 4.78 is 0. The molecular formula is C17H20ClN3. The Bertz CT molecular complexity index is 623. The Morgan fingerprint density at radius 3 is 2.62 bits per heavy atom. The van der Waals surface area contributed by atoms with Gasteiger partial charge in [0, 0.05) is 24.7 Å². The predicted molar refractivity (Wildman–Crippen MR) is 89.0 cm³/mol. The maximum Gasteiger partial charge on any atom is 0.136 e. The summed E-state index contributed by atoms with van der Waals surface area (Å²) in [5.41, 5.74) is 3.46. The molecule has 0 saturated heterocycles. The van der Waals surface area contributed by atoms with Gasteiger partial charge in [0.25, 0.3) is 0 Å². The van der Waals surface area contributed by atoms with E-state index in [1.54, 1.807) is 0 Å². The molecule has 1 saturated carbocycles. The van der Waals surface area contributed by atoms with E-state index in [1.165, 1.54) is 12.8 Å². The van der Waals surface area contributed by atoms with Gasteiger partial charge in [0.15, 0.2) is 0 Å². The number of hydrogen-bond donors (Lipinski definition) is 1. The lowest BCUT2D eigenvalue weighted by atomic mass is 10.1. The van der Waals surface area contributed by atoms with Crippen LogP contribution < -0.4 is 10.2 Å². The molecule has 1 aromatic carbocycles. The zero-order valence-electron chi connectivity index (χ0n) is 12.4. The molecule has 0 atom stereocenters. The summed E-state index contributed by atoms with van der Waals surface area (Å²) in [6.45, 7) is 0.987. The second-order valence-electron chi connectivity index (χ2n) is 5.78. The molecule has 1 aliphatic rings. The van der Waals surface area contributed by atoms with Gasteiger partial charge in [0.2, 0.25) is 0 Å². The van der Waals surface area contributed by atoms with Crippen molar-refractivity contribution in [1.29, 1.82) is 0 Å². The number of hydrogen-bond acceptors (Lipinski definition) is 3. The highest BCUT2D eigenvalue weighted by molar-refractivity contribution is 6.32. The van der Waals surface area contributed by atoms with Gasteiger partial charge in [-0.1, -0.05) is 41.9 Å². The van der Waals surface area contributed by atoms with Crippen molar-refractivity contribution < 1.29 is 0 Å². The van der Waals surface area contributed by atoms with Gasteiger partial charge in [0.05, 0.1) is 11.9 Å². The van der Waals surface area contributed by atoms with Crippen molar-refractivity contribution in [3.63, 3.8) is 0 Å². The van der Waals surface area contributed by atoms with Crippen LogP contribution in [-0.4, -0.2) is 31.2 Å². The van der Waals surface area contributed by atoms with Crippen LogP contribution in [-0.2, 0) is 0 Å². The summed E-state index contributed by atoms with van der Waals surface area (Å²) in [7, 11) is 4.15. The van der Waals surface area contributed by atoms with E-state index in [4.69, 9.17) is 11.6 Å². The van der Waals surface area contributed by atoms with Crippen LogP contribution in [0.2, 0.25) is 5.15 Å². The number of nitrogens with zero attached hydrogens (tertiary/aromatic N) is 2. The molecule has 0 bridgehead atoms.